The highest BCUT2D eigenvalue weighted by atomic mass is 35.5. The Hall–Kier alpha value is -4.38. The first-order valence-corrected chi connectivity index (χ1v) is 13.7. The summed E-state index contributed by atoms with van der Waals surface area (Å²) in [5.41, 5.74) is 7.76. The Bertz CT molecular complexity index is 1650. The Morgan fingerprint density at radius 3 is 1.42 bits per heavy atom. The van der Waals surface area contributed by atoms with Gasteiger partial charge in [-0.2, -0.15) is 26.3 Å². The molecule has 0 aliphatic rings. The zero-order chi connectivity index (χ0) is 35.0. The second-order valence-corrected chi connectivity index (χ2v) is 10.8. The van der Waals surface area contributed by atoms with Crippen LogP contribution in [0.5, 0.6) is 0 Å². The summed E-state index contributed by atoms with van der Waals surface area (Å²) < 4.78 is 106. The highest BCUT2D eigenvalue weighted by Crippen LogP contribution is 2.28. The second-order valence-electron chi connectivity index (χ2n) is 10.8. The number of carbonyl (C=O) groups is 1. The molecule has 9 nitrogen and oxygen atoms in total. The molecule has 0 saturated heterocycles. The number of carbonyl (C=O) groups excluding carboxylic acids is 1. The van der Waals surface area contributed by atoms with Crippen LogP contribution in [0.4, 0.5) is 35.1 Å². The van der Waals surface area contributed by atoms with Crippen LogP contribution in [0, 0.1) is 0 Å². The molecule has 0 fully saturated rings. The minimum absolute atomic E-state index is 0. The number of pyridine rings is 2. The SMILES string of the molecule is CC(C)(C)OC(=O)CCc1cc(-c2cnc(C(F)(F)F)nc2)ncc1CF.Cl.NCc1cc(-c2cnc(C(F)(F)F)nc2)ncc1CF. The van der Waals surface area contributed by atoms with Crippen LogP contribution in [0.15, 0.2) is 49.3 Å². The third-order valence-corrected chi connectivity index (χ3v) is 6.09. The molecule has 4 aromatic heterocycles. The van der Waals surface area contributed by atoms with Crippen LogP contribution in [0.3, 0.4) is 0 Å². The lowest BCUT2D eigenvalue weighted by Crippen LogP contribution is -2.24. The van der Waals surface area contributed by atoms with Crippen molar-refractivity contribution < 1.29 is 44.7 Å². The Morgan fingerprint density at radius 2 is 1.06 bits per heavy atom. The number of alkyl halides is 8. The molecule has 0 spiro atoms. The average Bonchev–Trinajstić information content (AvgIpc) is 3.02. The highest BCUT2D eigenvalue weighted by molar-refractivity contribution is 5.85. The van der Waals surface area contributed by atoms with E-state index in [2.05, 4.69) is 29.9 Å². The number of hydrogen-bond donors (Lipinski definition) is 1. The molecule has 0 aliphatic heterocycles. The van der Waals surface area contributed by atoms with Crippen LogP contribution in [0.2, 0.25) is 0 Å². The number of ether oxygens (including phenoxy) is 1. The largest absolute Gasteiger partial charge is 0.460 e. The minimum Gasteiger partial charge on any atom is -0.460 e. The maximum Gasteiger partial charge on any atom is 0.451 e. The first kappa shape index (κ1) is 39.8. The second kappa shape index (κ2) is 16.6. The molecule has 2 N–H and O–H groups in total. The van der Waals surface area contributed by atoms with Crippen LogP contribution in [-0.4, -0.2) is 41.5 Å². The Balaban J connectivity index is 0.000000340. The van der Waals surface area contributed by atoms with Crippen LogP contribution >= 0.6 is 12.4 Å². The lowest BCUT2D eigenvalue weighted by atomic mass is 10.0. The van der Waals surface area contributed by atoms with Gasteiger partial charge >= 0.3 is 18.3 Å². The van der Waals surface area contributed by atoms with Crippen LogP contribution in [0.1, 0.15) is 61.1 Å². The molecule has 4 rings (SSSR count). The first-order chi connectivity index (χ1) is 21.9. The van der Waals surface area contributed by atoms with Gasteiger partial charge in [0.1, 0.15) is 19.0 Å². The van der Waals surface area contributed by atoms with Gasteiger partial charge in [0.2, 0.25) is 11.6 Å². The van der Waals surface area contributed by atoms with Crippen LogP contribution in [-0.2, 0) is 48.2 Å². The fourth-order valence-corrected chi connectivity index (χ4v) is 3.87. The summed E-state index contributed by atoms with van der Waals surface area (Å²) in [6.07, 6.45) is -2.33. The van der Waals surface area contributed by atoms with Gasteiger partial charge in [-0.05, 0) is 50.5 Å². The third-order valence-electron chi connectivity index (χ3n) is 6.09. The van der Waals surface area contributed by atoms with E-state index in [0.717, 1.165) is 24.8 Å². The molecule has 48 heavy (non-hydrogen) atoms. The van der Waals surface area contributed by atoms with Gasteiger partial charge in [0.25, 0.3) is 0 Å². The van der Waals surface area contributed by atoms with Gasteiger partial charge in [-0.3, -0.25) is 14.8 Å². The molecular weight excluding hydrogens is 678 g/mol. The predicted octanol–water partition coefficient (Wildman–Crippen LogP) is 7.21. The lowest BCUT2D eigenvalue weighted by molar-refractivity contribution is -0.154. The van der Waals surface area contributed by atoms with Crippen molar-refractivity contribution in [2.45, 2.75) is 71.5 Å². The quantitative estimate of drug-likeness (QED) is 0.149. The third kappa shape index (κ3) is 11.4. The number of aromatic nitrogens is 6. The molecule has 0 saturated carbocycles. The van der Waals surface area contributed by atoms with Crippen molar-refractivity contribution in [2.24, 2.45) is 5.73 Å². The van der Waals surface area contributed by atoms with Gasteiger partial charge in [0, 0.05) is 72.4 Å². The van der Waals surface area contributed by atoms with E-state index >= 15 is 0 Å². The predicted molar refractivity (Wildman–Crippen MR) is 159 cm³/mol. The summed E-state index contributed by atoms with van der Waals surface area (Å²) in [5.74, 6) is -2.90. The standard InChI is InChI=1S/C18H19F4N3O2.C12H10F4N4.ClH/c1-17(2,3)27-15(26)5-4-11-6-14(23-8-12(11)7-19)13-9-24-16(25-10-13)18(20,21)22;13-2-8-4-18-10(1-7(8)3-17)9-5-19-11(20-6-9)12(14,15)16;/h6,8-10H,4-5,7H2,1-3H3;1,4-6H,2-3,17H2;1H. The summed E-state index contributed by atoms with van der Waals surface area (Å²) in [6.45, 7) is 3.85. The molecule has 0 atom stereocenters. The maximum atomic E-state index is 13.2. The lowest BCUT2D eigenvalue weighted by Gasteiger charge is -2.19. The molecule has 0 bridgehead atoms. The van der Waals surface area contributed by atoms with Crippen molar-refractivity contribution >= 4 is 18.4 Å². The first-order valence-electron chi connectivity index (χ1n) is 13.7. The average molecular weight is 708 g/mol. The number of nitrogens with two attached hydrogens (primary N) is 1. The van der Waals surface area contributed by atoms with Gasteiger partial charge in [-0.25, -0.2) is 28.7 Å². The van der Waals surface area contributed by atoms with Crippen LogP contribution < -0.4 is 5.73 Å². The van der Waals surface area contributed by atoms with Crippen molar-refractivity contribution in [1.29, 1.82) is 0 Å². The zero-order valence-corrected chi connectivity index (χ0v) is 26.5. The molecule has 18 heteroatoms. The van der Waals surface area contributed by atoms with E-state index in [0.29, 0.717) is 39.2 Å². The van der Waals surface area contributed by atoms with Crippen molar-refractivity contribution in [3.8, 4) is 22.5 Å². The minimum atomic E-state index is -4.64. The van der Waals surface area contributed by atoms with Gasteiger partial charge in [-0.1, -0.05) is 0 Å². The fraction of sp³-hybridized carbons (Fsp3) is 0.367. The summed E-state index contributed by atoms with van der Waals surface area (Å²) in [6, 6.07) is 3.03. The van der Waals surface area contributed by atoms with E-state index in [-0.39, 0.29) is 37.4 Å². The zero-order valence-electron chi connectivity index (χ0n) is 25.7. The molecule has 4 aromatic rings. The van der Waals surface area contributed by atoms with Crippen molar-refractivity contribution in [2.75, 3.05) is 0 Å². The Labute approximate surface area is 275 Å². The van der Waals surface area contributed by atoms with Gasteiger partial charge in [0.15, 0.2) is 0 Å². The molecule has 4 heterocycles. The summed E-state index contributed by atoms with van der Waals surface area (Å²) in [5, 5.41) is 0. The topological polar surface area (TPSA) is 130 Å². The molecule has 260 valence electrons. The normalized spacial score (nSPS) is 11.7. The van der Waals surface area contributed by atoms with Crippen molar-refractivity contribution in [3.05, 3.63) is 83.2 Å². The number of rotatable bonds is 8. The van der Waals surface area contributed by atoms with Crippen molar-refractivity contribution in [1.82, 2.24) is 29.9 Å². The van der Waals surface area contributed by atoms with E-state index in [9.17, 15) is 39.9 Å². The fourth-order valence-electron chi connectivity index (χ4n) is 3.87. The summed E-state index contributed by atoms with van der Waals surface area (Å²) >= 11 is 0. The monoisotopic (exact) mass is 707 g/mol. The molecule has 0 aromatic carbocycles. The van der Waals surface area contributed by atoms with Gasteiger partial charge in [-0.15, -0.1) is 12.4 Å². The van der Waals surface area contributed by atoms with Gasteiger partial charge < -0.3 is 10.5 Å². The molecular formula is C30H30ClF8N7O2. The number of halogens is 9. The van der Waals surface area contributed by atoms with E-state index < -0.39 is 48.9 Å². The highest BCUT2D eigenvalue weighted by Gasteiger charge is 2.35. The Morgan fingerprint density at radius 1 is 0.667 bits per heavy atom. The number of esters is 1. The van der Waals surface area contributed by atoms with Crippen molar-refractivity contribution in [3.63, 3.8) is 0 Å². The van der Waals surface area contributed by atoms with E-state index in [4.69, 9.17) is 10.5 Å². The summed E-state index contributed by atoms with van der Waals surface area (Å²) in [4.78, 5) is 32.9. The number of nitrogens with zero attached hydrogens (tertiary/aromatic N) is 6. The van der Waals surface area contributed by atoms with E-state index in [1.807, 2.05) is 0 Å². The Kier molecular flexibility index (Phi) is 13.8. The number of aryl methyl sites for hydroxylation is 1. The smallest absolute Gasteiger partial charge is 0.451 e. The van der Waals surface area contributed by atoms with Crippen LogP contribution in [0.25, 0.3) is 22.5 Å². The number of hydrogen-bond acceptors (Lipinski definition) is 9. The molecule has 0 unspecified atom stereocenters. The molecule has 0 amide bonds. The van der Waals surface area contributed by atoms with Gasteiger partial charge in [0.05, 0.1) is 11.4 Å². The summed E-state index contributed by atoms with van der Waals surface area (Å²) in [7, 11) is 0. The van der Waals surface area contributed by atoms with E-state index in [1.54, 1.807) is 20.8 Å². The maximum absolute atomic E-state index is 13.2. The van der Waals surface area contributed by atoms with E-state index in [1.165, 1.54) is 24.5 Å². The molecule has 0 radical (unpaired) electrons. The molecule has 0 aliphatic carbocycles.